The molecule has 0 fully saturated rings. The van der Waals surface area contributed by atoms with Gasteiger partial charge in [0.1, 0.15) is 18.1 Å². The lowest BCUT2D eigenvalue weighted by Crippen LogP contribution is -2.18. The maximum absolute atomic E-state index is 11.9. The first kappa shape index (κ1) is 15.4. The van der Waals surface area contributed by atoms with E-state index in [1.165, 1.54) is 6.92 Å². The molecule has 1 rings (SSSR count). The van der Waals surface area contributed by atoms with E-state index in [-0.39, 0.29) is 11.3 Å². The highest BCUT2D eigenvalue weighted by Gasteiger charge is 2.12. The molecule has 0 spiro atoms. The second-order valence-corrected chi connectivity index (χ2v) is 3.98. The molecule has 0 unspecified atom stereocenters. The van der Waals surface area contributed by atoms with E-state index in [1.807, 2.05) is 0 Å². The Labute approximate surface area is 115 Å². The first-order chi connectivity index (χ1) is 9.40. The lowest BCUT2D eigenvalue weighted by molar-refractivity contribution is -0.135. The Morgan fingerprint density at radius 2 is 2.10 bits per heavy atom. The molecule has 1 heterocycles. The summed E-state index contributed by atoms with van der Waals surface area (Å²) >= 11 is 0. The summed E-state index contributed by atoms with van der Waals surface area (Å²) in [4.78, 5) is 29.9. The highest BCUT2D eigenvalue weighted by molar-refractivity contribution is 6.17. The van der Waals surface area contributed by atoms with Crippen molar-refractivity contribution in [2.24, 2.45) is 4.99 Å². The Hall–Kier alpha value is -2.70. The monoisotopic (exact) mass is 277 g/mol. The molecule has 0 atom stereocenters. The van der Waals surface area contributed by atoms with Gasteiger partial charge in [0.25, 0.3) is 5.91 Å². The zero-order valence-corrected chi connectivity index (χ0v) is 11.1. The number of carbonyl (C=O) groups excluding carboxylic acids is 1. The van der Waals surface area contributed by atoms with Gasteiger partial charge in [-0.05, 0) is 26.0 Å². The molecule has 0 aliphatic rings. The van der Waals surface area contributed by atoms with Crippen molar-refractivity contribution in [1.82, 2.24) is 4.98 Å². The number of rotatable bonds is 5. The van der Waals surface area contributed by atoms with Crippen molar-refractivity contribution in [2.45, 2.75) is 13.8 Å². The molecule has 7 nitrogen and oxygen atoms in total. The number of pyridine rings is 1. The van der Waals surface area contributed by atoms with Gasteiger partial charge in [-0.15, -0.1) is 0 Å². The third-order valence-corrected chi connectivity index (χ3v) is 2.21. The SMILES string of the molecule is CC(O)=C(C=NCC(=O)O)C(=O)Nc1cccc(C)n1. The molecule has 0 saturated carbocycles. The summed E-state index contributed by atoms with van der Waals surface area (Å²) in [6.07, 6.45) is 1.02. The van der Waals surface area contributed by atoms with Crippen LogP contribution >= 0.6 is 0 Å². The molecule has 1 amide bonds. The number of anilines is 1. The lowest BCUT2D eigenvalue weighted by atomic mass is 10.2. The highest BCUT2D eigenvalue weighted by atomic mass is 16.4. The second-order valence-electron chi connectivity index (χ2n) is 3.98. The fourth-order valence-electron chi connectivity index (χ4n) is 1.33. The van der Waals surface area contributed by atoms with Crippen LogP contribution in [0.1, 0.15) is 12.6 Å². The third kappa shape index (κ3) is 4.89. The summed E-state index contributed by atoms with van der Waals surface area (Å²) in [6.45, 7) is 2.61. The highest BCUT2D eigenvalue weighted by Crippen LogP contribution is 2.07. The van der Waals surface area contributed by atoms with Gasteiger partial charge in [-0.2, -0.15) is 0 Å². The molecular formula is C13H15N3O4. The summed E-state index contributed by atoms with van der Waals surface area (Å²) in [7, 11) is 0. The number of hydrogen-bond acceptors (Lipinski definition) is 5. The molecule has 20 heavy (non-hydrogen) atoms. The van der Waals surface area contributed by atoms with Crippen LogP contribution in [-0.2, 0) is 9.59 Å². The van der Waals surface area contributed by atoms with Gasteiger partial charge in [-0.25, -0.2) is 4.98 Å². The van der Waals surface area contributed by atoms with Crippen molar-refractivity contribution in [1.29, 1.82) is 0 Å². The maximum Gasteiger partial charge on any atom is 0.325 e. The second kappa shape index (κ2) is 7.03. The van der Waals surface area contributed by atoms with E-state index in [9.17, 15) is 14.7 Å². The molecule has 106 valence electrons. The predicted octanol–water partition coefficient (Wildman–Crippen LogP) is 1.32. The minimum absolute atomic E-state index is 0.116. The van der Waals surface area contributed by atoms with Crippen LogP contribution in [0.25, 0.3) is 0 Å². The van der Waals surface area contributed by atoms with E-state index in [0.717, 1.165) is 11.9 Å². The number of hydrogen-bond donors (Lipinski definition) is 3. The summed E-state index contributed by atoms with van der Waals surface area (Å²) in [6, 6.07) is 5.10. The van der Waals surface area contributed by atoms with Gasteiger partial charge in [0.05, 0.1) is 5.57 Å². The summed E-state index contributed by atoms with van der Waals surface area (Å²) in [5, 5.41) is 20.4. The van der Waals surface area contributed by atoms with Crippen LogP contribution in [0.15, 0.2) is 34.5 Å². The van der Waals surface area contributed by atoms with Crippen molar-refractivity contribution in [3.63, 3.8) is 0 Å². The molecule has 0 aliphatic carbocycles. The van der Waals surface area contributed by atoms with Crippen molar-refractivity contribution < 1.29 is 19.8 Å². The van der Waals surface area contributed by atoms with Gasteiger partial charge in [0.15, 0.2) is 0 Å². The lowest BCUT2D eigenvalue weighted by Gasteiger charge is -2.06. The van der Waals surface area contributed by atoms with Crippen molar-refractivity contribution in [3.05, 3.63) is 35.2 Å². The average molecular weight is 277 g/mol. The number of allylic oxidation sites excluding steroid dienone is 1. The Kier molecular flexibility index (Phi) is 5.40. The summed E-state index contributed by atoms with van der Waals surface area (Å²) < 4.78 is 0. The number of aliphatic hydroxyl groups excluding tert-OH is 1. The number of carboxylic acid groups (broad SMARTS) is 1. The molecule has 0 radical (unpaired) electrons. The van der Waals surface area contributed by atoms with Crippen molar-refractivity contribution >= 4 is 23.9 Å². The van der Waals surface area contributed by atoms with Gasteiger partial charge >= 0.3 is 5.97 Å². The van der Waals surface area contributed by atoms with E-state index in [0.29, 0.717) is 5.82 Å². The molecule has 0 aliphatic heterocycles. The van der Waals surface area contributed by atoms with Gasteiger partial charge in [-0.3, -0.25) is 14.6 Å². The Balaban J connectivity index is 2.83. The maximum atomic E-state index is 11.9. The first-order valence-electron chi connectivity index (χ1n) is 5.76. The molecule has 1 aromatic heterocycles. The molecular weight excluding hydrogens is 262 g/mol. The quantitative estimate of drug-likeness (QED) is 0.427. The van der Waals surface area contributed by atoms with Crippen LogP contribution in [0, 0.1) is 6.92 Å². The van der Waals surface area contributed by atoms with Crippen molar-refractivity contribution in [3.8, 4) is 0 Å². The zero-order valence-electron chi connectivity index (χ0n) is 11.1. The fraction of sp³-hybridized carbons (Fsp3) is 0.231. The Bertz CT molecular complexity index is 575. The van der Waals surface area contributed by atoms with E-state index in [4.69, 9.17) is 5.11 Å². The molecule has 1 aromatic rings. The number of aromatic nitrogens is 1. The summed E-state index contributed by atoms with van der Waals surface area (Å²) in [5.41, 5.74) is 0.614. The van der Waals surface area contributed by atoms with Gasteiger partial charge in [-0.1, -0.05) is 6.07 Å². The van der Waals surface area contributed by atoms with E-state index < -0.39 is 18.4 Å². The van der Waals surface area contributed by atoms with E-state index in [1.54, 1.807) is 25.1 Å². The van der Waals surface area contributed by atoms with Crippen LogP contribution in [0.5, 0.6) is 0 Å². The average Bonchev–Trinajstić information content (AvgIpc) is 2.33. The minimum atomic E-state index is -1.13. The molecule has 7 heteroatoms. The number of carboxylic acids is 1. The number of nitrogens with one attached hydrogen (secondary N) is 1. The van der Waals surface area contributed by atoms with Gasteiger partial charge < -0.3 is 15.5 Å². The Morgan fingerprint density at radius 1 is 1.40 bits per heavy atom. The normalized spacial score (nSPS) is 12.1. The number of nitrogens with zero attached hydrogens (tertiary/aromatic N) is 2. The number of aliphatic carboxylic acids is 1. The van der Waals surface area contributed by atoms with Gasteiger partial charge in [0.2, 0.25) is 0 Å². The Morgan fingerprint density at radius 3 is 2.65 bits per heavy atom. The van der Waals surface area contributed by atoms with Crippen LogP contribution < -0.4 is 5.32 Å². The zero-order chi connectivity index (χ0) is 15.1. The number of carbonyl (C=O) groups is 2. The van der Waals surface area contributed by atoms with Crippen LogP contribution in [0.3, 0.4) is 0 Å². The first-order valence-corrected chi connectivity index (χ1v) is 5.76. The predicted molar refractivity (Wildman–Crippen MR) is 73.9 cm³/mol. The number of aliphatic hydroxyl groups is 1. The van der Waals surface area contributed by atoms with E-state index >= 15 is 0 Å². The molecule has 0 bridgehead atoms. The van der Waals surface area contributed by atoms with Crippen LogP contribution in [0.4, 0.5) is 5.82 Å². The number of amides is 1. The topological polar surface area (TPSA) is 112 Å². The summed E-state index contributed by atoms with van der Waals surface area (Å²) in [5.74, 6) is -1.67. The largest absolute Gasteiger partial charge is 0.512 e. The molecule has 3 N–H and O–H groups in total. The molecule has 0 aromatic carbocycles. The van der Waals surface area contributed by atoms with Crippen molar-refractivity contribution in [2.75, 3.05) is 11.9 Å². The smallest absolute Gasteiger partial charge is 0.325 e. The fourth-order valence-corrected chi connectivity index (χ4v) is 1.33. The van der Waals surface area contributed by atoms with Crippen LogP contribution in [-0.4, -0.2) is 39.8 Å². The third-order valence-electron chi connectivity index (χ3n) is 2.21. The van der Waals surface area contributed by atoms with Crippen LogP contribution in [0.2, 0.25) is 0 Å². The standard InChI is InChI=1S/C13H15N3O4/c1-8-4-3-5-11(15-8)16-13(20)10(9(2)17)6-14-7-12(18)19/h3-6,17H,7H2,1-2H3,(H,18,19)(H,15,16,20). The number of aryl methyl sites for hydroxylation is 1. The number of aliphatic imine (C=N–C) groups is 1. The van der Waals surface area contributed by atoms with E-state index in [2.05, 4.69) is 15.3 Å². The van der Waals surface area contributed by atoms with Gasteiger partial charge in [0, 0.05) is 11.9 Å². The molecule has 0 saturated heterocycles. The minimum Gasteiger partial charge on any atom is -0.512 e.